The molecule has 3 N–H and O–H groups in total. The first-order valence-electron chi connectivity index (χ1n) is 2.44. The first kappa shape index (κ1) is 5.53. The molecule has 1 fully saturated rings. The average Bonchev–Trinajstić information content (AvgIpc) is 2.14. The molecule has 0 saturated carbocycles. The Morgan fingerprint density at radius 1 is 2.00 bits per heavy atom. The van der Waals surface area contributed by atoms with Crippen LogP contribution in [0.3, 0.4) is 0 Å². The molecule has 8 heavy (non-hydrogen) atoms. The lowest BCUT2D eigenvalue weighted by Gasteiger charge is -2.02. The first-order valence-corrected chi connectivity index (χ1v) is 2.44. The molecular weight excluding hydrogens is 108 g/mol. The van der Waals surface area contributed by atoms with Crippen molar-refractivity contribution in [3.8, 4) is 0 Å². The summed E-state index contributed by atoms with van der Waals surface area (Å²) in [5.41, 5.74) is 5.16. The lowest BCUT2D eigenvalue weighted by atomic mass is 10.6. The number of hydrogen-bond donors (Lipinski definition) is 2. The Labute approximate surface area is 47.0 Å². The standard InChI is InChI=1S/C4H8N2O2/c5-1-4-6-3(7)2-8-4/h4H,1-2,5H2,(H,6,7). The van der Waals surface area contributed by atoms with Crippen molar-refractivity contribution in [1.82, 2.24) is 5.32 Å². The maximum absolute atomic E-state index is 10.3. The highest BCUT2D eigenvalue weighted by atomic mass is 16.5. The molecule has 0 aromatic rings. The predicted octanol–water partition coefficient (Wildman–Crippen LogP) is -1.58. The van der Waals surface area contributed by atoms with E-state index in [1.54, 1.807) is 0 Å². The molecule has 0 aliphatic carbocycles. The number of carbonyl (C=O) groups is 1. The van der Waals surface area contributed by atoms with E-state index in [0.29, 0.717) is 6.54 Å². The first-order chi connectivity index (χ1) is 3.83. The molecule has 1 rings (SSSR count). The van der Waals surface area contributed by atoms with Gasteiger partial charge in [-0.1, -0.05) is 0 Å². The summed E-state index contributed by atoms with van der Waals surface area (Å²) in [5.74, 6) is -0.0829. The molecule has 1 heterocycles. The van der Waals surface area contributed by atoms with Crippen LogP contribution in [0.25, 0.3) is 0 Å². The van der Waals surface area contributed by atoms with Crippen molar-refractivity contribution in [2.24, 2.45) is 5.73 Å². The third-order valence-electron chi connectivity index (χ3n) is 0.952. The average molecular weight is 116 g/mol. The maximum atomic E-state index is 10.3. The molecule has 0 spiro atoms. The summed E-state index contributed by atoms with van der Waals surface area (Å²) in [6.07, 6.45) is -0.248. The normalized spacial score (nSPS) is 28.1. The molecule has 46 valence electrons. The highest BCUT2D eigenvalue weighted by Gasteiger charge is 2.18. The lowest BCUT2D eigenvalue weighted by Crippen LogP contribution is -2.33. The van der Waals surface area contributed by atoms with E-state index in [1.807, 2.05) is 0 Å². The van der Waals surface area contributed by atoms with E-state index in [9.17, 15) is 4.79 Å². The number of ether oxygens (including phenoxy) is 1. The Balaban J connectivity index is 2.32. The third-order valence-corrected chi connectivity index (χ3v) is 0.952. The van der Waals surface area contributed by atoms with Crippen LogP contribution >= 0.6 is 0 Å². The quantitative estimate of drug-likeness (QED) is 0.434. The maximum Gasteiger partial charge on any atom is 0.248 e. The van der Waals surface area contributed by atoms with Gasteiger partial charge in [0.1, 0.15) is 12.8 Å². The third kappa shape index (κ3) is 0.962. The summed E-state index contributed by atoms with van der Waals surface area (Å²) in [6, 6.07) is 0. The Morgan fingerprint density at radius 3 is 3.00 bits per heavy atom. The van der Waals surface area contributed by atoms with Gasteiger partial charge < -0.3 is 15.8 Å². The van der Waals surface area contributed by atoms with Crippen LogP contribution in [0.4, 0.5) is 0 Å². The van der Waals surface area contributed by atoms with Crippen LogP contribution in [-0.4, -0.2) is 25.3 Å². The topological polar surface area (TPSA) is 64.3 Å². The summed E-state index contributed by atoms with van der Waals surface area (Å²) in [4.78, 5) is 10.3. The van der Waals surface area contributed by atoms with Crippen LogP contribution in [0.2, 0.25) is 0 Å². The van der Waals surface area contributed by atoms with Crippen molar-refractivity contribution >= 4 is 5.91 Å². The summed E-state index contributed by atoms with van der Waals surface area (Å²) in [5, 5.41) is 2.52. The van der Waals surface area contributed by atoms with E-state index in [1.165, 1.54) is 0 Å². The van der Waals surface area contributed by atoms with Gasteiger partial charge in [-0.25, -0.2) is 0 Å². The van der Waals surface area contributed by atoms with Crippen molar-refractivity contribution in [3.05, 3.63) is 0 Å². The summed E-state index contributed by atoms with van der Waals surface area (Å²) in [6.45, 7) is 0.508. The number of hydrogen-bond acceptors (Lipinski definition) is 3. The summed E-state index contributed by atoms with van der Waals surface area (Å²) >= 11 is 0. The minimum absolute atomic E-state index is 0.0829. The van der Waals surface area contributed by atoms with Crippen LogP contribution in [0, 0.1) is 0 Å². The van der Waals surface area contributed by atoms with Crippen molar-refractivity contribution < 1.29 is 9.53 Å². The number of nitrogens with one attached hydrogen (secondary N) is 1. The fourth-order valence-electron chi connectivity index (χ4n) is 0.566. The molecule has 0 bridgehead atoms. The van der Waals surface area contributed by atoms with Gasteiger partial charge in [0.25, 0.3) is 0 Å². The Morgan fingerprint density at radius 2 is 2.75 bits per heavy atom. The zero-order valence-corrected chi connectivity index (χ0v) is 4.39. The molecule has 1 unspecified atom stereocenters. The van der Waals surface area contributed by atoms with Crippen LogP contribution in [0.5, 0.6) is 0 Å². The number of rotatable bonds is 1. The van der Waals surface area contributed by atoms with E-state index < -0.39 is 0 Å². The van der Waals surface area contributed by atoms with Gasteiger partial charge in [0.05, 0.1) is 0 Å². The van der Waals surface area contributed by atoms with E-state index in [2.05, 4.69) is 5.32 Å². The van der Waals surface area contributed by atoms with Crippen molar-refractivity contribution in [1.29, 1.82) is 0 Å². The van der Waals surface area contributed by atoms with Crippen LogP contribution < -0.4 is 11.1 Å². The Hall–Kier alpha value is -0.610. The highest BCUT2D eigenvalue weighted by molar-refractivity contribution is 5.78. The minimum Gasteiger partial charge on any atom is -0.347 e. The van der Waals surface area contributed by atoms with Crippen molar-refractivity contribution in [2.45, 2.75) is 6.23 Å². The van der Waals surface area contributed by atoms with E-state index in [-0.39, 0.29) is 18.7 Å². The molecule has 0 aromatic carbocycles. The second-order valence-corrected chi connectivity index (χ2v) is 1.60. The van der Waals surface area contributed by atoms with E-state index >= 15 is 0 Å². The molecule has 0 aromatic heterocycles. The fraction of sp³-hybridized carbons (Fsp3) is 0.750. The predicted molar refractivity (Wildman–Crippen MR) is 26.9 cm³/mol. The monoisotopic (exact) mass is 116 g/mol. The number of nitrogens with two attached hydrogens (primary N) is 1. The largest absolute Gasteiger partial charge is 0.347 e. The van der Waals surface area contributed by atoms with Crippen LogP contribution in [-0.2, 0) is 9.53 Å². The molecule has 1 amide bonds. The molecular formula is C4H8N2O2. The molecule has 0 radical (unpaired) electrons. The lowest BCUT2D eigenvalue weighted by molar-refractivity contribution is -0.119. The van der Waals surface area contributed by atoms with Gasteiger partial charge in [-0.3, -0.25) is 4.79 Å². The SMILES string of the molecule is NCC1NC(=O)CO1. The van der Waals surface area contributed by atoms with Gasteiger partial charge in [-0.05, 0) is 0 Å². The van der Waals surface area contributed by atoms with Gasteiger partial charge in [-0.15, -0.1) is 0 Å². The molecule has 1 saturated heterocycles. The highest BCUT2D eigenvalue weighted by Crippen LogP contribution is 1.92. The van der Waals surface area contributed by atoms with Gasteiger partial charge >= 0.3 is 0 Å². The van der Waals surface area contributed by atoms with Gasteiger partial charge in [0, 0.05) is 6.54 Å². The second-order valence-electron chi connectivity index (χ2n) is 1.60. The summed E-state index contributed by atoms with van der Waals surface area (Å²) in [7, 11) is 0. The smallest absolute Gasteiger partial charge is 0.248 e. The molecule has 1 atom stereocenters. The Kier molecular flexibility index (Phi) is 1.45. The van der Waals surface area contributed by atoms with Gasteiger partial charge in [0.15, 0.2) is 0 Å². The number of amides is 1. The number of carbonyl (C=O) groups excluding carboxylic acids is 1. The molecule has 1 aliphatic heterocycles. The zero-order chi connectivity index (χ0) is 5.98. The van der Waals surface area contributed by atoms with Gasteiger partial charge in [0.2, 0.25) is 5.91 Å². The van der Waals surface area contributed by atoms with Gasteiger partial charge in [-0.2, -0.15) is 0 Å². The van der Waals surface area contributed by atoms with Crippen LogP contribution in [0.15, 0.2) is 0 Å². The fourth-order valence-corrected chi connectivity index (χ4v) is 0.566. The minimum atomic E-state index is -0.248. The van der Waals surface area contributed by atoms with E-state index in [0.717, 1.165) is 0 Å². The molecule has 4 nitrogen and oxygen atoms in total. The zero-order valence-electron chi connectivity index (χ0n) is 4.39. The molecule has 4 heteroatoms. The van der Waals surface area contributed by atoms with E-state index in [4.69, 9.17) is 10.5 Å². The second kappa shape index (κ2) is 2.11. The van der Waals surface area contributed by atoms with Crippen LogP contribution in [0.1, 0.15) is 0 Å². The van der Waals surface area contributed by atoms with Crippen molar-refractivity contribution in [3.63, 3.8) is 0 Å². The van der Waals surface area contributed by atoms with Crippen molar-refractivity contribution in [2.75, 3.05) is 13.2 Å². The Bertz CT molecular complexity index is 104. The molecule has 1 aliphatic rings. The summed E-state index contributed by atoms with van der Waals surface area (Å²) < 4.78 is 4.83.